The summed E-state index contributed by atoms with van der Waals surface area (Å²) in [6, 6.07) is 5.33. The van der Waals surface area contributed by atoms with Crippen molar-refractivity contribution in [2.45, 2.75) is 13.3 Å². The van der Waals surface area contributed by atoms with Crippen molar-refractivity contribution in [1.82, 2.24) is 15.1 Å². The fourth-order valence-electron chi connectivity index (χ4n) is 2.90. The summed E-state index contributed by atoms with van der Waals surface area (Å²) < 4.78 is 4.94. The van der Waals surface area contributed by atoms with E-state index in [0.29, 0.717) is 39.2 Å². The van der Waals surface area contributed by atoms with Gasteiger partial charge in [-0.3, -0.25) is 29.4 Å². The maximum atomic E-state index is 12.4. The highest BCUT2D eigenvalue weighted by Gasteiger charge is 2.21. The van der Waals surface area contributed by atoms with Crippen LogP contribution < -0.4 is 5.32 Å². The van der Waals surface area contributed by atoms with Gasteiger partial charge in [0.25, 0.3) is 11.6 Å². The second-order valence-electron chi connectivity index (χ2n) is 6.31. The summed E-state index contributed by atoms with van der Waals surface area (Å²) in [6.07, 6.45) is 0.712. The van der Waals surface area contributed by atoms with Crippen LogP contribution in [0, 0.1) is 10.1 Å². The Balaban J connectivity index is 1.82. The van der Waals surface area contributed by atoms with Gasteiger partial charge in [-0.05, 0) is 19.4 Å². The molecule has 0 atom stereocenters. The number of hydrogen-bond acceptors (Lipinski definition) is 7. The van der Waals surface area contributed by atoms with Crippen molar-refractivity contribution in [3.05, 3.63) is 39.9 Å². The molecule has 0 saturated carbocycles. The minimum absolute atomic E-state index is 0.124. The molecule has 1 aliphatic rings. The Morgan fingerprint density at radius 3 is 2.71 bits per heavy atom. The summed E-state index contributed by atoms with van der Waals surface area (Å²) in [6.45, 7) is 4.30. The first-order chi connectivity index (χ1) is 13.4. The molecular formula is C18H24N4O6. The molecule has 0 aliphatic carbocycles. The minimum atomic E-state index is -0.582. The van der Waals surface area contributed by atoms with E-state index in [4.69, 9.17) is 4.74 Å². The highest BCUT2D eigenvalue weighted by Crippen LogP contribution is 2.13. The average molecular weight is 392 g/mol. The summed E-state index contributed by atoms with van der Waals surface area (Å²) in [5, 5.41) is 13.3. The number of benzene rings is 1. The fraction of sp³-hybridized carbons (Fsp3) is 0.500. The van der Waals surface area contributed by atoms with Crippen LogP contribution in [0.2, 0.25) is 0 Å². The largest absolute Gasteiger partial charge is 0.465 e. The summed E-state index contributed by atoms with van der Waals surface area (Å²) >= 11 is 0. The van der Waals surface area contributed by atoms with Crippen molar-refractivity contribution in [2.75, 3.05) is 45.9 Å². The Kier molecular flexibility index (Phi) is 7.88. The molecule has 2 amide bonds. The van der Waals surface area contributed by atoms with E-state index in [2.05, 4.69) is 5.32 Å². The quantitative estimate of drug-likeness (QED) is 0.405. The van der Waals surface area contributed by atoms with Crippen LogP contribution in [0.15, 0.2) is 24.3 Å². The number of nitrogens with one attached hydrogen (secondary N) is 1. The first-order valence-electron chi connectivity index (χ1n) is 9.09. The lowest BCUT2D eigenvalue weighted by Gasteiger charge is -2.21. The smallest absolute Gasteiger partial charge is 0.320 e. The predicted molar refractivity (Wildman–Crippen MR) is 99.7 cm³/mol. The number of nitro groups is 1. The van der Waals surface area contributed by atoms with E-state index in [1.165, 1.54) is 24.3 Å². The van der Waals surface area contributed by atoms with Gasteiger partial charge in [0.15, 0.2) is 0 Å². The lowest BCUT2D eigenvalue weighted by Crippen LogP contribution is -2.42. The van der Waals surface area contributed by atoms with Gasteiger partial charge < -0.3 is 15.0 Å². The van der Waals surface area contributed by atoms with Crippen molar-refractivity contribution in [3.63, 3.8) is 0 Å². The van der Waals surface area contributed by atoms with Gasteiger partial charge in [0, 0.05) is 43.9 Å². The lowest BCUT2D eigenvalue weighted by molar-refractivity contribution is -0.384. The summed E-state index contributed by atoms with van der Waals surface area (Å²) in [5.41, 5.74) is -0.0633. The Morgan fingerprint density at radius 1 is 1.21 bits per heavy atom. The van der Waals surface area contributed by atoms with Crippen LogP contribution in [0.5, 0.6) is 0 Å². The van der Waals surface area contributed by atoms with Gasteiger partial charge in [-0.25, -0.2) is 0 Å². The molecule has 1 fully saturated rings. The van der Waals surface area contributed by atoms with Crippen LogP contribution in [0.3, 0.4) is 0 Å². The van der Waals surface area contributed by atoms with E-state index in [-0.39, 0.29) is 36.2 Å². The highest BCUT2D eigenvalue weighted by atomic mass is 16.6. The summed E-state index contributed by atoms with van der Waals surface area (Å²) in [7, 11) is 0. The summed E-state index contributed by atoms with van der Waals surface area (Å²) in [5.74, 6) is -1.07. The molecule has 2 rings (SSSR count). The summed E-state index contributed by atoms with van der Waals surface area (Å²) in [4.78, 5) is 49.9. The van der Waals surface area contributed by atoms with Gasteiger partial charge >= 0.3 is 5.97 Å². The third-order valence-corrected chi connectivity index (χ3v) is 4.32. The Morgan fingerprint density at radius 2 is 2.00 bits per heavy atom. The standard InChI is InChI=1S/C18H24N4O6/c1-2-28-17(24)13-20-7-4-8-21(10-9-20)16(23)12-19-18(25)14-5-3-6-15(11-14)22(26)27/h3,5-6,11H,2,4,7-10,12-13H2,1H3,(H,19,25). The third-order valence-electron chi connectivity index (χ3n) is 4.32. The van der Waals surface area contributed by atoms with E-state index in [1.54, 1.807) is 11.8 Å². The van der Waals surface area contributed by atoms with E-state index in [1.807, 2.05) is 4.90 Å². The topological polar surface area (TPSA) is 122 Å². The van der Waals surface area contributed by atoms with Crippen molar-refractivity contribution in [2.24, 2.45) is 0 Å². The van der Waals surface area contributed by atoms with Crippen molar-refractivity contribution >= 4 is 23.5 Å². The van der Waals surface area contributed by atoms with Crippen molar-refractivity contribution < 1.29 is 24.0 Å². The molecule has 10 nitrogen and oxygen atoms in total. The number of nitrogens with zero attached hydrogens (tertiary/aromatic N) is 3. The van der Waals surface area contributed by atoms with Crippen LogP contribution >= 0.6 is 0 Å². The van der Waals surface area contributed by atoms with Gasteiger partial charge in [-0.15, -0.1) is 0 Å². The molecule has 1 N–H and O–H groups in total. The molecule has 1 saturated heterocycles. The molecule has 28 heavy (non-hydrogen) atoms. The zero-order valence-corrected chi connectivity index (χ0v) is 15.8. The van der Waals surface area contributed by atoms with Gasteiger partial charge in [-0.2, -0.15) is 0 Å². The average Bonchev–Trinajstić information content (AvgIpc) is 2.91. The molecule has 152 valence electrons. The zero-order chi connectivity index (χ0) is 20.5. The first-order valence-corrected chi connectivity index (χ1v) is 9.09. The molecule has 0 spiro atoms. The fourth-order valence-corrected chi connectivity index (χ4v) is 2.90. The predicted octanol–water partition coefficient (Wildman–Crippen LogP) is 0.422. The Bertz CT molecular complexity index is 739. The van der Waals surface area contributed by atoms with Crippen LogP contribution in [0.25, 0.3) is 0 Å². The third kappa shape index (κ3) is 6.31. The SMILES string of the molecule is CCOC(=O)CN1CCCN(C(=O)CNC(=O)c2cccc([N+](=O)[O-])c2)CC1. The number of carbonyl (C=O) groups excluding carboxylic acids is 3. The molecular weight excluding hydrogens is 368 g/mol. The van der Waals surface area contributed by atoms with E-state index < -0.39 is 10.8 Å². The second-order valence-corrected chi connectivity index (χ2v) is 6.31. The number of non-ortho nitro benzene ring substituents is 1. The lowest BCUT2D eigenvalue weighted by atomic mass is 10.2. The van der Waals surface area contributed by atoms with Gasteiger partial charge in [0.2, 0.25) is 5.91 Å². The normalized spacial score (nSPS) is 14.8. The van der Waals surface area contributed by atoms with Crippen LogP contribution in [0.1, 0.15) is 23.7 Å². The highest BCUT2D eigenvalue weighted by molar-refractivity contribution is 5.96. The molecule has 1 aromatic rings. The Labute approximate surface area is 162 Å². The zero-order valence-electron chi connectivity index (χ0n) is 15.8. The van der Waals surface area contributed by atoms with Crippen LogP contribution in [-0.2, 0) is 14.3 Å². The number of carbonyl (C=O) groups is 3. The van der Waals surface area contributed by atoms with Crippen molar-refractivity contribution in [3.8, 4) is 0 Å². The first kappa shape index (κ1) is 21.3. The minimum Gasteiger partial charge on any atom is -0.465 e. The molecule has 10 heteroatoms. The monoisotopic (exact) mass is 392 g/mol. The van der Waals surface area contributed by atoms with E-state index in [0.717, 1.165) is 0 Å². The van der Waals surface area contributed by atoms with E-state index >= 15 is 0 Å². The number of rotatable bonds is 7. The van der Waals surface area contributed by atoms with Gasteiger partial charge in [0.05, 0.1) is 24.6 Å². The Hall–Kier alpha value is -3.01. The number of esters is 1. The number of hydrogen-bond donors (Lipinski definition) is 1. The molecule has 0 aromatic heterocycles. The van der Waals surface area contributed by atoms with E-state index in [9.17, 15) is 24.5 Å². The second kappa shape index (κ2) is 10.4. The molecule has 1 aliphatic heterocycles. The molecule has 0 bridgehead atoms. The van der Waals surface area contributed by atoms with Gasteiger partial charge in [-0.1, -0.05) is 6.07 Å². The number of amides is 2. The molecule has 0 radical (unpaired) electrons. The number of ether oxygens (including phenoxy) is 1. The van der Waals surface area contributed by atoms with Gasteiger partial charge in [0.1, 0.15) is 0 Å². The molecule has 1 aromatic carbocycles. The maximum Gasteiger partial charge on any atom is 0.320 e. The maximum absolute atomic E-state index is 12.4. The van der Waals surface area contributed by atoms with Crippen LogP contribution in [0.4, 0.5) is 5.69 Å². The molecule has 1 heterocycles. The van der Waals surface area contributed by atoms with Crippen molar-refractivity contribution in [1.29, 1.82) is 0 Å². The van der Waals surface area contributed by atoms with Crippen LogP contribution in [-0.4, -0.2) is 78.4 Å². The molecule has 0 unspecified atom stereocenters. The number of nitro benzene ring substituents is 1.